The van der Waals surface area contributed by atoms with Crippen LogP contribution in [0.25, 0.3) is 0 Å². The van der Waals surface area contributed by atoms with Gasteiger partial charge in [-0.2, -0.15) is 0 Å². The molecule has 0 aliphatic rings. The Morgan fingerprint density at radius 1 is 0.949 bits per heavy atom. The summed E-state index contributed by atoms with van der Waals surface area (Å²) < 4.78 is 29.1. The minimum atomic E-state index is -4.25. The number of nitro groups is 1. The normalized spacial score (nSPS) is 12.0. The number of benzene rings is 3. The van der Waals surface area contributed by atoms with Crippen molar-refractivity contribution in [3.8, 4) is 0 Å². The Labute approximate surface area is 236 Å². The monoisotopic (exact) mass is 616 g/mol. The smallest absolute Gasteiger partial charge is 0.269 e. The molecular formula is C27H29BrN4O6S. The quantitative estimate of drug-likeness (QED) is 0.249. The standard InChI is InChI=1S/C27H29BrN4O6S/c1-19(2)29-27(34)20(3)30(17-21-9-11-22(28)12-10-21)26(33)18-31(23-13-15-24(16-14-23)32(35)36)39(37,38)25-7-5-4-6-8-25/h4-16,19-20H,17-18H2,1-3H3,(H,29,34)/t20-/m1/s1. The number of sulfonamides is 1. The molecule has 0 saturated heterocycles. The van der Waals surface area contributed by atoms with Crippen LogP contribution in [0.5, 0.6) is 0 Å². The van der Waals surface area contributed by atoms with E-state index < -0.39 is 33.4 Å². The van der Waals surface area contributed by atoms with Gasteiger partial charge in [-0.25, -0.2) is 8.42 Å². The van der Waals surface area contributed by atoms with Crippen LogP contribution < -0.4 is 9.62 Å². The maximum atomic E-state index is 13.8. The van der Waals surface area contributed by atoms with Gasteiger partial charge in [0.15, 0.2) is 0 Å². The highest BCUT2D eigenvalue weighted by molar-refractivity contribution is 9.10. The van der Waals surface area contributed by atoms with Crippen LogP contribution in [0.3, 0.4) is 0 Å². The molecule has 0 bridgehead atoms. The van der Waals surface area contributed by atoms with Crippen LogP contribution in [0.2, 0.25) is 0 Å². The van der Waals surface area contributed by atoms with E-state index in [-0.39, 0.29) is 34.8 Å². The second-order valence-electron chi connectivity index (χ2n) is 9.09. The van der Waals surface area contributed by atoms with E-state index in [2.05, 4.69) is 21.2 Å². The molecule has 0 spiro atoms. The molecule has 12 heteroatoms. The SMILES string of the molecule is CC(C)NC(=O)[C@@H](C)N(Cc1ccc(Br)cc1)C(=O)CN(c1ccc([N+](=O)[O-])cc1)S(=O)(=O)c1ccccc1. The summed E-state index contributed by atoms with van der Waals surface area (Å²) in [6, 6.07) is 18.6. The first kappa shape index (κ1) is 29.8. The number of halogens is 1. The molecule has 10 nitrogen and oxygen atoms in total. The Hall–Kier alpha value is -3.77. The second-order valence-corrected chi connectivity index (χ2v) is 11.9. The van der Waals surface area contributed by atoms with Gasteiger partial charge >= 0.3 is 0 Å². The predicted molar refractivity (Wildman–Crippen MR) is 152 cm³/mol. The lowest BCUT2D eigenvalue weighted by atomic mass is 10.1. The number of hydrogen-bond acceptors (Lipinski definition) is 6. The van der Waals surface area contributed by atoms with Gasteiger partial charge in [0.25, 0.3) is 15.7 Å². The fourth-order valence-electron chi connectivity index (χ4n) is 3.76. The number of nitrogens with zero attached hydrogens (tertiary/aromatic N) is 3. The molecule has 0 aromatic heterocycles. The largest absolute Gasteiger partial charge is 0.352 e. The minimum Gasteiger partial charge on any atom is -0.352 e. The van der Waals surface area contributed by atoms with Crippen molar-refractivity contribution in [1.29, 1.82) is 0 Å². The molecule has 2 amide bonds. The van der Waals surface area contributed by atoms with Crippen LogP contribution in [0.15, 0.2) is 88.2 Å². The van der Waals surface area contributed by atoms with Crippen LogP contribution in [-0.4, -0.2) is 48.7 Å². The highest BCUT2D eigenvalue weighted by Crippen LogP contribution is 2.26. The Morgan fingerprint density at radius 2 is 1.54 bits per heavy atom. The number of amides is 2. The topological polar surface area (TPSA) is 130 Å². The molecule has 3 aromatic carbocycles. The van der Waals surface area contributed by atoms with Crippen LogP contribution >= 0.6 is 15.9 Å². The molecule has 0 radical (unpaired) electrons. The summed E-state index contributed by atoms with van der Waals surface area (Å²) in [4.78, 5) is 38.5. The molecule has 1 atom stereocenters. The molecule has 3 aromatic rings. The first-order chi connectivity index (χ1) is 18.4. The van der Waals surface area contributed by atoms with Crippen LogP contribution in [0.1, 0.15) is 26.3 Å². The lowest BCUT2D eigenvalue weighted by molar-refractivity contribution is -0.384. The number of non-ortho nitro benzene ring substituents is 1. The summed E-state index contributed by atoms with van der Waals surface area (Å²) >= 11 is 3.38. The molecule has 0 unspecified atom stereocenters. The van der Waals surface area contributed by atoms with Gasteiger partial charge < -0.3 is 10.2 Å². The van der Waals surface area contributed by atoms with Crippen molar-refractivity contribution in [2.45, 2.75) is 44.3 Å². The fourth-order valence-corrected chi connectivity index (χ4v) is 5.46. The maximum Gasteiger partial charge on any atom is 0.269 e. The number of hydrogen-bond donors (Lipinski definition) is 1. The third-order valence-corrected chi connectivity index (χ3v) is 8.14. The summed E-state index contributed by atoms with van der Waals surface area (Å²) in [5.74, 6) is -1.01. The first-order valence-electron chi connectivity index (χ1n) is 12.1. The van der Waals surface area contributed by atoms with E-state index in [1.54, 1.807) is 63.2 Å². The molecule has 0 saturated carbocycles. The molecule has 0 aliphatic carbocycles. The van der Waals surface area contributed by atoms with E-state index in [9.17, 15) is 28.1 Å². The second kappa shape index (κ2) is 12.9. The number of anilines is 1. The zero-order valence-electron chi connectivity index (χ0n) is 21.7. The lowest BCUT2D eigenvalue weighted by Crippen LogP contribution is -2.52. The predicted octanol–water partition coefficient (Wildman–Crippen LogP) is 4.49. The van der Waals surface area contributed by atoms with E-state index in [0.29, 0.717) is 0 Å². The number of rotatable bonds is 11. The Morgan fingerprint density at radius 3 is 2.08 bits per heavy atom. The first-order valence-corrected chi connectivity index (χ1v) is 14.3. The highest BCUT2D eigenvalue weighted by atomic mass is 79.9. The van der Waals surface area contributed by atoms with Crippen LogP contribution in [0, 0.1) is 10.1 Å². The summed E-state index contributed by atoms with van der Waals surface area (Å²) in [7, 11) is -4.25. The van der Waals surface area contributed by atoms with E-state index in [1.165, 1.54) is 41.3 Å². The molecule has 0 fully saturated rings. The highest BCUT2D eigenvalue weighted by Gasteiger charge is 2.32. The molecule has 0 heterocycles. The minimum absolute atomic E-state index is 0.0539. The summed E-state index contributed by atoms with van der Waals surface area (Å²) in [6.07, 6.45) is 0. The van der Waals surface area contributed by atoms with Crippen molar-refractivity contribution in [3.63, 3.8) is 0 Å². The Bertz CT molecular complexity index is 1410. The molecule has 206 valence electrons. The molecule has 1 N–H and O–H groups in total. The van der Waals surface area contributed by atoms with Gasteiger partial charge in [0.1, 0.15) is 12.6 Å². The summed E-state index contributed by atoms with van der Waals surface area (Å²) in [5.41, 5.74) is 0.585. The number of nitro benzene ring substituents is 1. The van der Waals surface area contributed by atoms with Crippen molar-refractivity contribution in [2.75, 3.05) is 10.8 Å². The Balaban J connectivity index is 2.03. The molecule has 0 aliphatic heterocycles. The number of carbonyl (C=O) groups excluding carboxylic acids is 2. The van der Waals surface area contributed by atoms with Crippen molar-refractivity contribution in [3.05, 3.63) is 99.0 Å². The van der Waals surface area contributed by atoms with Crippen molar-refractivity contribution >= 4 is 49.1 Å². The Kier molecular flexibility index (Phi) is 9.81. The molecular weight excluding hydrogens is 588 g/mol. The lowest BCUT2D eigenvalue weighted by Gasteiger charge is -2.32. The molecule has 3 rings (SSSR count). The average molecular weight is 618 g/mol. The van der Waals surface area contributed by atoms with Gasteiger partial charge in [0.2, 0.25) is 11.8 Å². The number of nitrogens with one attached hydrogen (secondary N) is 1. The van der Waals surface area contributed by atoms with E-state index in [1.807, 2.05) is 0 Å². The maximum absolute atomic E-state index is 13.8. The van der Waals surface area contributed by atoms with E-state index in [4.69, 9.17) is 0 Å². The summed E-state index contributed by atoms with van der Waals surface area (Å²) in [6.45, 7) is 4.60. The van der Waals surface area contributed by atoms with Gasteiger partial charge in [-0.3, -0.25) is 24.0 Å². The van der Waals surface area contributed by atoms with Crippen molar-refractivity contribution in [2.24, 2.45) is 0 Å². The molecule has 39 heavy (non-hydrogen) atoms. The van der Waals surface area contributed by atoms with Gasteiger partial charge in [0.05, 0.1) is 15.5 Å². The zero-order chi connectivity index (χ0) is 28.7. The summed E-state index contributed by atoms with van der Waals surface area (Å²) in [5, 5.41) is 13.9. The van der Waals surface area contributed by atoms with Crippen LogP contribution in [0.4, 0.5) is 11.4 Å². The van der Waals surface area contributed by atoms with Gasteiger partial charge in [-0.15, -0.1) is 0 Å². The van der Waals surface area contributed by atoms with Crippen molar-refractivity contribution < 1.29 is 22.9 Å². The fraction of sp³-hybridized carbons (Fsp3) is 0.259. The third-order valence-electron chi connectivity index (χ3n) is 5.82. The zero-order valence-corrected chi connectivity index (χ0v) is 24.1. The number of carbonyl (C=O) groups is 2. The van der Waals surface area contributed by atoms with Crippen LogP contribution in [-0.2, 0) is 26.2 Å². The van der Waals surface area contributed by atoms with Crippen molar-refractivity contribution in [1.82, 2.24) is 10.2 Å². The van der Waals surface area contributed by atoms with E-state index >= 15 is 0 Å². The van der Waals surface area contributed by atoms with Gasteiger partial charge in [-0.05, 0) is 62.7 Å². The third kappa shape index (κ3) is 7.64. The van der Waals surface area contributed by atoms with Gasteiger partial charge in [-0.1, -0.05) is 46.3 Å². The van der Waals surface area contributed by atoms with E-state index in [0.717, 1.165) is 14.3 Å². The van der Waals surface area contributed by atoms with Gasteiger partial charge in [0, 0.05) is 29.2 Å². The average Bonchev–Trinajstić information content (AvgIpc) is 2.91.